The van der Waals surface area contributed by atoms with Crippen LogP contribution in [0.25, 0.3) is 0 Å². The first-order valence-corrected chi connectivity index (χ1v) is 6.52. The standard InChI is InChI=1S/C16H16F2N2O/c1-10-14(16(21)19-2)4-3-5-15(10)20-9-11-6-12(17)8-13(18)7-11/h3-8,20H,9H2,1-2H3,(H,19,21). The van der Waals surface area contributed by atoms with Gasteiger partial charge in [-0.15, -0.1) is 0 Å². The minimum absolute atomic E-state index is 0.173. The van der Waals surface area contributed by atoms with Crippen LogP contribution < -0.4 is 10.6 Å². The van der Waals surface area contributed by atoms with Crippen molar-refractivity contribution in [2.45, 2.75) is 13.5 Å². The number of amides is 1. The van der Waals surface area contributed by atoms with Crippen LogP contribution in [0.5, 0.6) is 0 Å². The van der Waals surface area contributed by atoms with E-state index in [9.17, 15) is 13.6 Å². The highest BCUT2D eigenvalue weighted by Crippen LogP contribution is 2.20. The molecule has 0 aliphatic heterocycles. The number of anilines is 1. The second-order valence-electron chi connectivity index (χ2n) is 4.69. The van der Waals surface area contributed by atoms with Gasteiger partial charge in [0.1, 0.15) is 11.6 Å². The molecule has 2 aromatic carbocycles. The molecule has 0 bridgehead atoms. The van der Waals surface area contributed by atoms with Crippen LogP contribution >= 0.6 is 0 Å². The van der Waals surface area contributed by atoms with Crippen molar-refractivity contribution < 1.29 is 13.6 Å². The highest BCUT2D eigenvalue weighted by molar-refractivity contribution is 5.96. The van der Waals surface area contributed by atoms with Crippen LogP contribution in [-0.4, -0.2) is 13.0 Å². The molecule has 0 heterocycles. The van der Waals surface area contributed by atoms with Crippen LogP contribution in [0.15, 0.2) is 36.4 Å². The van der Waals surface area contributed by atoms with Crippen molar-refractivity contribution in [3.63, 3.8) is 0 Å². The summed E-state index contributed by atoms with van der Waals surface area (Å²) in [4.78, 5) is 11.7. The van der Waals surface area contributed by atoms with Crippen molar-refractivity contribution in [2.75, 3.05) is 12.4 Å². The Morgan fingerprint density at radius 3 is 2.43 bits per heavy atom. The van der Waals surface area contributed by atoms with Crippen LogP contribution in [0.4, 0.5) is 14.5 Å². The molecule has 110 valence electrons. The molecule has 0 aromatic heterocycles. The maximum absolute atomic E-state index is 13.1. The predicted molar refractivity (Wildman–Crippen MR) is 78.3 cm³/mol. The number of nitrogens with one attached hydrogen (secondary N) is 2. The van der Waals surface area contributed by atoms with Crippen molar-refractivity contribution >= 4 is 11.6 Å². The Morgan fingerprint density at radius 2 is 1.81 bits per heavy atom. The third kappa shape index (κ3) is 3.56. The average molecular weight is 290 g/mol. The van der Waals surface area contributed by atoms with Gasteiger partial charge in [0.25, 0.3) is 5.91 Å². The summed E-state index contributed by atoms with van der Waals surface area (Å²) in [7, 11) is 1.57. The van der Waals surface area contributed by atoms with Crippen LogP contribution in [0, 0.1) is 18.6 Å². The van der Waals surface area contributed by atoms with Crippen molar-refractivity contribution in [3.8, 4) is 0 Å². The molecule has 0 spiro atoms. The molecular formula is C16H16F2N2O. The van der Waals surface area contributed by atoms with Gasteiger partial charge in [-0.3, -0.25) is 4.79 Å². The molecule has 0 saturated heterocycles. The molecule has 5 heteroatoms. The molecule has 2 rings (SSSR count). The first-order chi connectivity index (χ1) is 10.0. The Bertz CT molecular complexity index is 651. The van der Waals surface area contributed by atoms with E-state index in [1.807, 2.05) is 13.0 Å². The van der Waals surface area contributed by atoms with Gasteiger partial charge in [-0.05, 0) is 42.3 Å². The smallest absolute Gasteiger partial charge is 0.251 e. The third-order valence-electron chi connectivity index (χ3n) is 3.21. The summed E-state index contributed by atoms with van der Waals surface area (Å²) in [6.07, 6.45) is 0. The molecule has 0 radical (unpaired) electrons. The van der Waals surface area contributed by atoms with E-state index in [0.717, 1.165) is 17.3 Å². The first-order valence-electron chi connectivity index (χ1n) is 6.52. The van der Waals surface area contributed by atoms with Gasteiger partial charge in [-0.25, -0.2) is 8.78 Å². The van der Waals surface area contributed by atoms with Crippen molar-refractivity contribution in [1.29, 1.82) is 0 Å². The fraction of sp³-hybridized carbons (Fsp3) is 0.188. The summed E-state index contributed by atoms with van der Waals surface area (Å²) < 4.78 is 26.3. The summed E-state index contributed by atoms with van der Waals surface area (Å²) >= 11 is 0. The average Bonchev–Trinajstić information content (AvgIpc) is 2.44. The molecule has 0 aliphatic carbocycles. The molecule has 0 aliphatic rings. The van der Waals surface area contributed by atoms with Crippen LogP contribution in [-0.2, 0) is 6.54 Å². The van der Waals surface area contributed by atoms with Gasteiger partial charge in [0.05, 0.1) is 0 Å². The molecule has 0 fully saturated rings. The lowest BCUT2D eigenvalue weighted by Gasteiger charge is -2.13. The summed E-state index contributed by atoms with van der Waals surface area (Å²) in [5.74, 6) is -1.39. The lowest BCUT2D eigenvalue weighted by molar-refractivity contribution is 0.0962. The van der Waals surface area contributed by atoms with Crippen LogP contribution in [0.2, 0.25) is 0 Å². The van der Waals surface area contributed by atoms with Crippen molar-refractivity contribution in [1.82, 2.24) is 5.32 Å². The first kappa shape index (κ1) is 15.0. The van der Waals surface area contributed by atoms with Gasteiger partial charge in [-0.2, -0.15) is 0 Å². The van der Waals surface area contributed by atoms with E-state index in [1.165, 1.54) is 12.1 Å². The number of carbonyl (C=O) groups is 1. The molecule has 1 amide bonds. The van der Waals surface area contributed by atoms with E-state index in [1.54, 1.807) is 19.2 Å². The minimum atomic E-state index is -0.609. The molecule has 0 unspecified atom stereocenters. The Hall–Kier alpha value is -2.43. The summed E-state index contributed by atoms with van der Waals surface area (Å²) in [6.45, 7) is 2.09. The molecule has 2 N–H and O–H groups in total. The lowest BCUT2D eigenvalue weighted by Crippen LogP contribution is -2.19. The molecule has 2 aromatic rings. The second kappa shape index (κ2) is 6.35. The Kier molecular flexibility index (Phi) is 4.52. The molecular weight excluding hydrogens is 274 g/mol. The third-order valence-corrected chi connectivity index (χ3v) is 3.21. The lowest BCUT2D eigenvalue weighted by atomic mass is 10.1. The number of hydrogen-bond donors (Lipinski definition) is 2. The highest BCUT2D eigenvalue weighted by Gasteiger charge is 2.10. The van der Waals surface area contributed by atoms with E-state index in [-0.39, 0.29) is 12.5 Å². The van der Waals surface area contributed by atoms with E-state index in [0.29, 0.717) is 11.1 Å². The number of hydrogen-bond acceptors (Lipinski definition) is 2. The fourth-order valence-electron chi connectivity index (χ4n) is 2.12. The molecule has 0 atom stereocenters. The van der Waals surface area contributed by atoms with Gasteiger partial charge in [0.2, 0.25) is 0 Å². The van der Waals surface area contributed by atoms with Gasteiger partial charge in [0, 0.05) is 30.9 Å². The number of carbonyl (C=O) groups excluding carboxylic acids is 1. The maximum atomic E-state index is 13.1. The van der Waals surface area contributed by atoms with Crippen molar-refractivity contribution in [2.24, 2.45) is 0 Å². The zero-order chi connectivity index (χ0) is 15.4. The fourth-order valence-corrected chi connectivity index (χ4v) is 2.12. The molecule has 0 saturated carbocycles. The van der Waals surface area contributed by atoms with Gasteiger partial charge < -0.3 is 10.6 Å². The van der Waals surface area contributed by atoms with Gasteiger partial charge >= 0.3 is 0 Å². The summed E-state index contributed by atoms with van der Waals surface area (Å²) in [5.41, 5.74) is 2.60. The summed E-state index contributed by atoms with van der Waals surface area (Å²) in [5, 5.41) is 5.66. The van der Waals surface area contributed by atoms with E-state index >= 15 is 0 Å². The number of benzene rings is 2. The minimum Gasteiger partial charge on any atom is -0.381 e. The Balaban J connectivity index is 2.18. The second-order valence-corrected chi connectivity index (χ2v) is 4.69. The maximum Gasteiger partial charge on any atom is 0.251 e. The van der Waals surface area contributed by atoms with Crippen molar-refractivity contribution in [3.05, 3.63) is 64.7 Å². The van der Waals surface area contributed by atoms with Crippen LogP contribution in [0.3, 0.4) is 0 Å². The van der Waals surface area contributed by atoms with E-state index in [2.05, 4.69) is 10.6 Å². The number of rotatable bonds is 4. The molecule has 21 heavy (non-hydrogen) atoms. The quantitative estimate of drug-likeness (QED) is 0.907. The zero-order valence-electron chi connectivity index (χ0n) is 11.8. The monoisotopic (exact) mass is 290 g/mol. The van der Waals surface area contributed by atoms with Crippen LogP contribution in [0.1, 0.15) is 21.5 Å². The van der Waals surface area contributed by atoms with E-state index < -0.39 is 11.6 Å². The molecule has 3 nitrogen and oxygen atoms in total. The zero-order valence-corrected chi connectivity index (χ0v) is 11.8. The number of halogens is 2. The largest absolute Gasteiger partial charge is 0.381 e. The Morgan fingerprint density at radius 1 is 1.14 bits per heavy atom. The van der Waals surface area contributed by atoms with E-state index in [4.69, 9.17) is 0 Å². The van der Waals surface area contributed by atoms with Gasteiger partial charge in [-0.1, -0.05) is 6.07 Å². The van der Waals surface area contributed by atoms with Gasteiger partial charge in [0.15, 0.2) is 0 Å². The predicted octanol–water partition coefficient (Wildman–Crippen LogP) is 3.24. The highest BCUT2D eigenvalue weighted by atomic mass is 19.1. The Labute approximate surface area is 122 Å². The SMILES string of the molecule is CNC(=O)c1cccc(NCc2cc(F)cc(F)c2)c1C. The normalized spacial score (nSPS) is 10.3. The summed E-state index contributed by atoms with van der Waals surface area (Å²) in [6, 6.07) is 8.67. The topological polar surface area (TPSA) is 41.1 Å².